The van der Waals surface area contributed by atoms with Gasteiger partial charge in [0.15, 0.2) is 0 Å². The van der Waals surface area contributed by atoms with Crippen molar-refractivity contribution in [3.63, 3.8) is 0 Å². The number of rotatable bonds is 4. The summed E-state index contributed by atoms with van der Waals surface area (Å²) < 4.78 is 11.5. The second kappa shape index (κ2) is 8.29. The average molecular weight is 466 g/mol. The minimum Gasteiger partial charge on any atom is -0.489 e. The van der Waals surface area contributed by atoms with E-state index in [1.54, 1.807) is 48.5 Å². The number of benzene rings is 3. The minimum atomic E-state index is -0.174. The Morgan fingerprint density at radius 2 is 1.59 bits per heavy atom. The summed E-state index contributed by atoms with van der Waals surface area (Å²) >= 11 is 24.6. The largest absolute Gasteiger partial charge is 0.489 e. The Labute approximate surface area is 186 Å². The lowest BCUT2D eigenvalue weighted by atomic mass is 10.1. The lowest BCUT2D eigenvalue weighted by molar-refractivity contribution is 0.306. The molecule has 1 heterocycles. The molecule has 0 aliphatic carbocycles. The van der Waals surface area contributed by atoms with E-state index in [9.17, 15) is 4.79 Å². The van der Waals surface area contributed by atoms with Gasteiger partial charge in [0, 0.05) is 27.2 Å². The van der Waals surface area contributed by atoms with Crippen LogP contribution < -0.4 is 10.2 Å². The van der Waals surface area contributed by atoms with Crippen LogP contribution in [0, 0.1) is 0 Å². The maximum atomic E-state index is 12.9. The van der Waals surface area contributed by atoms with Crippen molar-refractivity contribution in [2.75, 3.05) is 0 Å². The van der Waals surface area contributed by atoms with Crippen LogP contribution in [0.4, 0.5) is 0 Å². The zero-order valence-electron chi connectivity index (χ0n) is 14.7. The van der Waals surface area contributed by atoms with Crippen LogP contribution in [-0.4, -0.2) is 0 Å². The first kappa shape index (κ1) is 20.1. The minimum absolute atomic E-state index is 0.117. The van der Waals surface area contributed by atoms with Crippen LogP contribution in [0.25, 0.3) is 22.1 Å². The third-order valence-electron chi connectivity index (χ3n) is 4.43. The van der Waals surface area contributed by atoms with E-state index >= 15 is 0 Å². The van der Waals surface area contributed by atoms with Crippen molar-refractivity contribution < 1.29 is 9.15 Å². The summed E-state index contributed by atoms with van der Waals surface area (Å²) in [5.41, 5.74) is 1.82. The molecule has 0 saturated heterocycles. The van der Waals surface area contributed by atoms with E-state index in [0.29, 0.717) is 53.5 Å². The van der Waals surface area contributed by atoms with E-state index in [-0.39, 0.29) is 12.0 Å². The molecule has 4 aromatic rings. The molecular weight excluding hydrogens is 454 g/mol. The molecule has 0 saturated carbocycles. The first-order chi connectivity index (χ1) is 14.0. The summed E-state index contributed by atoms with van der Waals surface area (Å²) in [5, 5.41) is 2.10. The monoisotopic (exact) mass is 464 g/mol. The third kappa shape index (κ3) is 3.96. The lowest BCUT2D eigenvalue weighted by Crippen LogP contribution is -2.05. The topological polar surface area (TPSA) is 39.4 Å². The standard InChI is InChI=1S/C22H12Cl4O3/c23-17-4-2-1-3-13(17)15-10-29-20-9-12(5-6-14(20)22(15)27)28-11-16-18(24)7-8-19(25)21(16)26/h1-10H,11H2. The highest BCUT2D eigenvalue weighted by atomic mass is 35.5. The SMILES string of the molecule is O=c1c(-c2ccccc2Cl)coc2cc(OCc3c(Cl)ccc(Cl)c3Cl)ccc12. The smallest absolute Gasteiger partial charge is 0.200 e. The normalized spacial score (nSPS) is 11.0. The highest BCUT2D eigenvalue weighted by Crippen LogP contribution is 2.33. The molecular formula is C22H12Cl4O3. The van der Waals surface area contributed by atoms with Crippen LogP contribution in [0.5, 0.6) is 5.75 Å². The summed E-state index contributed by atoms with van der Waals surface area (Å²) in [6.45, 7) is 0.117. The van der Waals surface area contributed by atoms with Gasteiger partial charge in [0.1, 0.15) is 24.2 Å². The summed E-state index contributed by atoms with van der Waals surface area (Å²) in [5.74, 6) is 0.498. The van der Waals surface area contributed by atoms with Gasteiger partial charge in [-0.05, 0) is 30.3 Å². The Balaban J connectivity index is 1.66. The average Bonchev–Trinajstić information content (AvgIpc) is 2.72. The van der Waals surface area contributed by atoms with Gasteiger partial charge in [-0.1, -0.05) is 64.6 Å². The molecule has 0 radical (unpaired) electrons. The molecule has 0 amide bonds. The van der Waals surface area contributed by atoms with E-state index in [2.05, 4.69) is 0 Å². The molecule has 0 N–H and O–H groups in total. The van der Waals surface area contributed by atoms with Gasteiger partial charge in [-0.2, -0.15) is 0 Å². The molecule has 0 unspecified atom stereocenters. The molecule has 3 nitrogen and oxygen atoms in total. The molecule has 0 aliphatic rings. The fourth-order valence-electron chi connectivity index (χ4n) is 2.92. The molecule has 0 bridgehead atoms. The summed E-state index contributed by atoms with van der Waals surface area (Å²) in [7, 11) is 0. The molecule has 0 spiro atoms. The molecule has 4 rings (SSSR count). The van der Waals surface area contributed by atoms with Crippen LogP contribution in [0.2, 0.25) is 20.1 Å². The van der Waals surface area contributed by atoms with Crippen molar-refractivity contribution in [2.24, 2.45) is 0 Å². The molecule has 3 aromatic carbocycles. The van der Waals surface area contributed by atoms with Crippen LogP contribution >= 0.6 is 46.4 Å². The van der Waals surface area contributed by atoms with Crippen LogP contribution in [0.15, 0.2) is 70.1 Å². The van der Waals surface area contributed by atoms with Crippen LogP contribution in [0.1, 0.15) is 5.56 Å². The maximum absolute atomic E-state index is 12.9. The number of ether oxygens (including phenoxy) is 1. The van der Waals surface area contributed by atoms with Crippen LogP contribution in [-0.2, 0) is 6.61 Å². The molecule has 146 valence electrons. The van der Waals surface area contributed by atoms with Gasteiger partial charge in [-0.25, -0.2) is 0 Å². The predicted octanol–water partition coefficient (Wildman–Crippen LogP) is 7.65. The van der Waals surface area contributed by atoms with E-state index in [4.69, 9.17) is 55.6 Å². The van der Waals surface area contributed by atoms with E-state index in [1.807, 2.05) is 6.07 Å². The molecule has 0 atom stereocenters. The Bertz CT molecular complexity index is 1280. The first-order valence-corrected chi connectivity index (χ1v) is 10.0. The maximum Gasteiger partial charge on any atom is 0.200 e. The third-order valence-corrected chi connectivity index (χ3v) is 5.96. The molecule has 0 aliphatic heterocycles. The van der Waals surface area contributed by atoms with Crippen LogP contribution in [0.3, 0.4) is 0 Å². The fraction of sp³-hybridized carbons (Fsp3) is 0.0455. The van der Waals surface area contributed by atoms with Gasteiger partial charge >= 0.3 is 0 Å². The Hall–Kier alpha value is -2.17. The zero-order chi connectivity index (χ0) is 20.5. The number of fused-ring (bicyclic) bond motifs is 1. The molecule has 1 aromatic heterocycles. The zero-order valence-corrected chi connectivity index (χ0v) is 17.7. The van der Waals surface area contributed by atoms with Gasteiger partial charge in [-0.3, -0.25) is 4.79 Å². The predicted molar refractivity (Wildman–Crippen MR) is 119 cm³/mol. The first-order valence-electron chi connectivity index (χ1n) is 8.51. The molecule has 29 heavy (non-hydrogen) atoms. The van der Waals surface area contributed by atoms with Crippen molar-refractivity contribution in [1.82, 2.24) is 0 Å². The van der Waals surface area contributed by atoms with Crippen molar-refractivity contribution >= 4 is 57.4 Å². The lowest BCUT2D eigenvalue weighted by Gasteiger charge is -2.11. The van der Waals surface area contributed by atoms with Crippen molar-refractivity contribution in [2.45, 2.75) is 6.61 Å². The van der Waals surface area contributed by atoms with Gasteiger partial charge in [0.25, 0.3) is 0 Å². The molecule has 7 heteroatoms. The van der Waals surface area contributed by atoms with Crippen molar-refractivity contribution in [1.29, 1.82) is 0 Å². The Kier molecular flexibility index (Phi) is 5.75. The van der Waals surface area contributed by atoms with Crippen molar-refractivity contribution in [3.8, 4) is 16.9 Å². The van der Waals surface area contributed by atoms with Gasteiger partial charge in [0.2, 0.25) is 5.43 Å². The quantitative estimate of drug-likeness (QED) is 0.290. The number of hydrogen-bond donors (Lipinski definition) is 0. The van der Waals surface area contributed by atoms with Gasteiger partial charge in [-0.15, -0.1) is 0 Å². The summed E-state index contributed by atoms with van der Waals surface area (Å²) in [6.07, 6.45) is 1.40. The highest BCUT2D eigenvalue weighted by molar-refractivity contribution is 6.44. The molecule has 0 fully saturated rings. The summed E-state index contributed by atoms with van der Waals surface area (Å²) in [4.78, 5) is 12.9. The van der Waals surface area contributed by atoms with Gasteiger partial charge in [0.05, 0.1) is 21.0 Å². The summed E-state index contributed by atoms with van der Waals surface area (Å²) in [6, 6.07) is 15.4. The second-order valence-corrected chi connectivity index (χ2v) is 7.83. The van der Waals surface area contributed by atoms with E-state index < -0.39 is 0 Å². The number of halogens is 4. The Morgan fingerprint density at radius 3 is 2.38 bits per heavy atom. The number of hydrogen-bond acceptors (Lipinski definition) is 3. The highest BCUT2D eigenvalue weighted by Gasteiger charge is 2.14. The Morgan fingerprint density at radius 1 is 0.828 bits per heavy atom. The fourth-order valence-corrected chi connectivity index (χ4v) is 3.82. The van der Waals surface area contributed by atoms with E-state index in [1.165, 1.54) is 6.26 Å². The second-order valence-electron chi connectivity index (χ2n) is 6.23. The van der Waals surface area contributed by atoms with E-state index in [0.717, 1.165) is 0 Å². The van der Waals surface area contributed by atoms with Crippen molar-refractivity contribution in [3.05, 3.63) is 96.7 Å². The van der Waals surface area contributed by atoms with Gasteiger partial charge < -0.3 is 9.15 Å².